The minimum Gasteiger partial charge on any atom is -0.481 e. The highest BCUT2D eigenvalue weighted by Gasteiger charge is 2.60. The van der Waals surface area contributed by atoms with Gasteiger partial charge in [0.1, 0.15) is 11.4 Å². The van der Waals surface area contributed by atoms with E-state index in [0.29, 0.717) is 11.3 Å². The normalized spacial score (nSPS) is 17.8. The Hall–Kier alpha value is -3.10. The SMILES string of the molecule is CNC1=C(N2Cc3ccccc3C2=O)c2c(ccc(C(F)(F)C(F)(F)F)c2C)OC1(C)C. The molecule has 2 heterocycles. The molecule has 2 aliphatic heterocycles. The van der Waals surface area contributed by atoms with E-state index >= 15 is 0 Å². The first-order chi connectivity index (χ1) is 14.8. The van der Waals surface area contributed by atoms with Crippen LogP contribution in [-0.2, 0) is 12.5 Å². The van der Waals surface area contributed by atoms with Crippen LogP contribution in [0.4, 0.5) is 22.0 Å². The number of carbonyl (C=O) groups excluding carboxylic acids is 1. The Kier molecular flexibility index (Phi) is 4.80. The quantitative estimate of drug-likeness (QED) is 0.638. The molecular weight excluding hydrogens is 431 g/mol. The molecule has 0 bridgehead atoms. The van der Waals surface area contributed by atoms with E-state index in [1.165, 1.54) is 11.8 Å². The fourth-order valence-corrected chi connectivity index (χ4v) is 4.42. The van der Waals surface area contributed by atoms with Gasteiger partial charge in [0, 0.05) is 23.7 Å². The number of rotatable bonds is 3. The highest BCUT2D eigenvalue weighted by atomic mass is 19.4. The van der Waals surface area contributed by atoms with Crippen LogP contribution in [-0.4, -0.2) is 29.6 Å². The van der Waals surface area contributed by atoms with Gasteiger partial charge < -0.3 is 15.0 Å². The van der Waals surface area contributed by atoms with Crippen LogP contribution in [0.1, 0.15) is 46.5 Å². The van der Waals surface area contributed by atoms with Crippen molar-refractivity contribution in [3.63, 3.8) is 0 Å². The molecule has 0 saturated heterocycles. The maximum atomic E-state index is 14.3. The van der Waals surface area contributed by atoms with Crippen LogP contribution >= 0.6 is 0 Å². The zero-order valence-corrected chi connectivity index (χ0v) is 17.8. The number of fused-ring (bicyclic) bond motifs is 2. The molecule has 0 saturated carbocycles. The summed E-state index contributed by atoms with van der Waals surface area (Å²) in [5, 5.41) is 2.98. The number of carbonyl (C=O) groups is 1. The van der Waals surface area contributed by atoms with Crippen molar-refractivity contribution in [2.75, 3.05) is 7.05 Å². The molecule has 0 spiro atoms. The van der Waals surface area contributed by atoms with Gasteiger partial charge in [-0.25, -0.2) is 0 Å². The van der Waals surface area contributed by atoms with Crippen molar-refractivity contribution in [1.29, 1.82) is 0 Å². The van der Waals surface area contributed by atoms with E-state index in [2.05, 4.69) is 5.32 Å². The number of benzene rings is 2. The molecule has 4 nitrogen and oxygen atoms in total. The minimum atomic E-state index is -5.77. The Balaban J connectivity index is 1.99. The molecule has 9 heteroatoms. The predicted octanol–water partition coefficient (Wildman–Crippen LogP) is 5.36. The number of alkyl halides is 5. The van der Waals surface area contributed by atoms with Crippen LogP contribution in [0.3, 0.4) is 0 Å². The van der Waals surface area contributed by atoms with Crippen molar-refractivity contribution < 1.29 is 31.5 Å². The van der Waals surface area contributed by atoms with Crippen molar-refractivity contribution in [2.24, 2.45) is 0 Å². The molecule has 1 N–H and O–H groups in total. The zero-order valence-electron chi connectivity index (χ0n) is 17.8. The van der Waals surface area contributed by atoms with Gasteiger partial charge in [0.15, 0.2) is 0 Å². The number of ether oxygens (including phenoxy) is 1. The van der Waals surface area contributed by atoms with E-state index in [-0.39, 0.29) is 35.0 Å². The number of hydrogen-bond donors (Lipinski definition) is 1. The molecule has 1 amide bonds. The second-order valence-electron chi connectivity index (χ2n) is 8.32. The van der Waals surface area contributed by atoms with Crippen LogP contribution in [0, 0.1) is 6.92 Å². The molecule has 32 heavy (non-hydrogen) atoms. The number of nitrogens with zero attached hydrogens (tertiary/aromatic N) is 1. The summed E-state index contributed by atoms with van der Waals surface area (Å²) >= 11 is 0. The molecule has 0 fully saturated rings. The summed E-state index contributed by atoms with van der Waals surface area (Å²) < 4.78 is 74.2. The standard InChI is InChI=1S/C23H21F5N2O2/c1-12-15(22(24,25)23(26,27)28)9-10-16-17(12)18(19(29-4)21(2,3)32-16)30-11-13-7-5-6-8-14(13)20(30)31/h5-10,29H,11H2,1-4H3. The molecule has 0 atom stereocenters. The van der Waals surface area contributed by atoms with Gasteiger partial charge >= 0.3 is 12.1 Å². The van der Waals surface area contributed by atoms with Crippen molar-refractivity contribution in [3.8, 4) is 5.75 Å². The lowest BCUT2D eigenvalue weighted by molar-refractivity contribution is -0.289. The van der Waals surface area contributed by atoms with E-state index < -0.39 is 23.3 Å². The predicted molar refractivity (Wildman–Crippen MR) is 108 cm³/mol. The Labute approximate surface area is 181 Å². The maximum Gasteiger partial charge on any atom is 0.458 e. The molecule has 4 rings (SSSR count). The first-order valence-corrected chi connectivity index (χ1v) is 9.91. The lowest BCUT2D eigenvalue weighted by Crippen LogP contribution is -2.44. The molecule has 0 aromatic heterocycles. The summed E-state index contributed by atoms with van der Waals surface area (Å²) in [6.45, 7) is 4.80. The third-order valence-corrected chi connectivity index (χ3v) is 5.90. The average Bonchev–Trinajstić information content (AvgIpc) is 3.02. The lowest BCUT2D eigenvalue weighted by Gasteiger charge is -2.40. The fourth-order valence-electron chi connectivity index (χ4n) is 4.42. The summed E-state index contributed by atoms with van der Waals surface area (Å²) in [5.74, 6) is -5.30. The molecular formula is C23H21F5N2O2. The van der Waals surface area contributed by atoms with Gasteiger partial charge in [-0.1, -0.05) is 18.2 Å². The summed E-state index contributed by atoms with van der Waals surface area (Å²) in [5.41, 5.74) is -0.602. The first kappa shape index (κ1) is 22.1. The van der Waals surface area contributed by atoms with Gasteiger partial charge in [-0.15, -0.1) is 0 Å². The average molecular weight is 452 g/mol. The van der Waals surface area contributed by atoms with E-state index in [4.69, 9.17) is 4.74 Å². The minimum absolute atomic E-state index is 0.0382. The molecule has 170 valence electrons. The van der Waals surface area contributed by atoms with Crippen LogP contribution in [0.2, 0.25) is 0 Å². The monoisotopic (exact) mass is 452 g/mol. The number of nitrogens with one attached hydrogen (secondary N) is 1. The van der Waals surface area contributed by atoms with Gasteiger partial charge in [0.05, 0.1) is 17.9 Å². The summed E-state index contributed by atoms with van der Waals surface area (Å²) in [6, 6.07) is 8.77. The van der Waals surface area contributed by atoms with E-state index in [1.54, 1.807) is 45.2 Å². The summed E-state index contributed by atoms with van der Waals surface area (Å²) in [4.78, 5) is 14.6. The van der Waals surface area contributed by atoms with Crippen LogP contribution < -0.4 is 10.1 Å². The molecule has 2 aromatic carbocycles. The van der Waals surface area contributed by atoms with Crippen molar-refractivity contribution in [2.45, 2.75) is 45.0 Å². The van der Waals surface area contributed by atoms with E-state index in [0.717, 1.165) is 17.7 Å². The highest BCUT2D eigenvalue weighted by Crippen LogP contribution is 2.51. The smallest absolute Gasteiger partial charge is 0.458 e. The van der Waals surface area contributed by atoms with Crippen LogP contribution in [0.15, 0.2) is 42.1 Å². The summed E-state index contributed by atoms with van der Waals surface area (Å²) in [6.07, 6.45) is -5.77. The molecule has 0 radical (unpaired) electrons. The maximum absolute atomic E-state index is 14.3. The van der Waals surface area contributed by atoms with Crippen LogP contribution in [0.5, 0.6) is 5.75 Å². The highest BCUT2D eigenvalue weighted by molar-refractivity contribution is 6.04. The number of hydrogen-bond acceptors (Lipinski definition) is 3. The Bertz CT molecular complexity index is 1150. The van der Waals surface area contributed by atoms with Gasteiger partial charge in [0.25, 0.3) is 5.91 Å². The fraction of sp³-hybridized carbons (Fsp3) is 0.348. The van der Waals surface area contributed by atoms with Gasteiger partial charge in [-0.2, -0.15) is 22.0 Å². The molecule has 2 aliphatic rings. The third kappa shape index (κ3) is 3.05. The molecule has 0 aliphatic carbocycles. The summed E-state index contributed by atoms with van der Waals surface area (Å²) in [7, 11) is 1.59. The van der Waals surface area contributed by atoms with Gasteiger partial charge in [-0.3, -0.25) is 4.79 Å². The lowest BCUT2D eigenvalue weighted by atomic mass is 9.88. The first-order valence-electron chi connectivity index (χ1n) is 9.91. The zero-order chi connectivity index (χ0) is 23.6. The Morgan fingerprint density at radius 2 is 1.72 bits per heavy atom. The molecule has 0 unspecified atom stereocenters. The largest absolute Gasteiger partial charge is 0.481 e. The third-order valence-electron chi connectivity index (χ3n) is 5.90. The number of amides is 1. The Morgan fingerprint density at radius 1 is 1.06 bits per heavy atom. The van der Waals surface area contributed by atoms with Gasteiger partial charge in [-0.05, 0) is 50.1 Å². The van der Waals surface area contributed by atoms with E-state index in [1.807, 2.05) is 0 Å². The topological polar surface area (TPSA) is 41.6 Å². The van der Waals surface area contributed by atoms with E-state index in [9.17, 15) is 26.7 Å². The second-order valence-corrected chi connectivity index (χ2v) is 8.32. The van der Waals surface area contributed by atoms with Crippen LogP contribution in [0.25, 0.3) is 5.70 Å². The number of halogens is 5. The van der Waals surface area contributed by atoms with Crippen molar-refractivity contribution in [1.82, 2.24) is 10.2 Å². The van der Waals surface area contributed by atoms with Crippen molar-refractivity contribution in [3.05, 3.63) is 69.9 Å². The van der Waals surface area contributed by atoms with Crippen molar-refractivity contribution >= 4 is 11.6 Å². The number of likely N-dealkylation sites (N-methyl/N-ethyl adjacent to an activating group) is 1. The van der Waals surface area contributed by atoms with Gasteiger partial charge in [0.2, 0.25) is 0 Å². The second kappa shape index (κ2) is 6.95. The molecule has 2 aromatic rings. The Morgan fingerprint density at radius 3 is 2.31 bits per heavy atom.